The summed E-state index contributed by atoms with van der Waals surface area (Å²) in [7, 11) is 0. The number of rotatable bonds is 6. The Hall–Kier alpha value is -2.44. The average Bonchev–Trinajstić information content (AvgIpc) is 2.56. The highest BCUT2D eigenvalue weighted by Crippen LogP contribution is 2.19. The van der Waals surface area contributed by atoms with Crippen molar-refractivity contribution < 1.29 is 29.2 Å². The van der Waals surface area contributed by atoms with Crippen molar-refractivity contribution in [2.24, 2.45) is 0 Å². The van der Waals surface area contributed by atoms with Gasteiger partial charge < -0.3 is 29.2 Å². The Morgan fingerprint density at radius 1 is 0.692 bits per heavy atom. The number of benzene rings is 2. The number of phenolic OH excluding ortho intramolecular Hbond substituents is 2. The molecule has 0 amide bonds. The molecule has 140 valence electrons. The Labute approximate surface area is 152 Å². The Balaban J connectivity index is 0.000000151. The molecule has 2 atom stereocenters. The molecule has 0 unspecified atom stereocenters. The van der Waals surface area contributed by atoms with Gasteiger partial charge in [-0.05, 0) is 48.5 Å². The molecule has 0 saturated carbocycles. The topological polar surface area (TPSA) is 77.4 Å². The Bertz CT molecular complexity index is 588. The fraction of sp³-hybridized carbons (Fsp3) is 0.400. The molecule has 0 bridgehead atoms. The molecule has 2 saturated heterocycles. The lowest BCUT2D eigenvalue weighted by Crippen LogP contribution is -2.32. The summed E-state index contributed by atoms with van der Waals surface area (Å²) in [5.41, 5.74) is 0. The van der Waals surface area contributed by atoms with E-state index in [1.807, 2.05) is 0 Å². The highest BCUT2D eigenvalue weighted by atomic mass is 16.6. The summed E-state index contributed by atoms with van der Waals surface area (Å²) >= 11 is 0. The molecule has 2 aliphatic heterocycles. The Kier molecular flexibility index (Phi) is 6.57. The highest BCUT2D eigenvalue weighted by molar-refractivity contribution is 5.30. The van der Waals surface area contributed by atoms with E-state index < -0.39 is 0 Å². The van der Waals surface area contributed by atoms with Gasteiger partial charge >= 0.3 is 0 Å². The van der Waals surface area contributed by atoms with E-state index in [1.165, 1.54) is 0 Å². The van der Waals surface area contributed by atoms with Gasteiger partial charge in [0.25, 0.3) is 0 Å². The van der Waals surface area contributed by atoms with Gasteiger partial charge in [-0.15, -0.1) is 0 Å². The van der Waals surface area contributed by atoms with Gasteiger partial charge in [-0.25, -0.2) is 0 Å². The minimum atomic E-state index is 0.257. The minimum absolute atomic E-state index is 0.257. The molecule has 6 nitrogen and oxygen atoms in total. The average molecular weight is 360 g/mol. The van der Waals surface area contributed by atoms with Crippen LogP contribution in [-0.2, 0) is 9.47 Å². The second-order valence-electron chi connectivity index (χ2n) is 6.17. The fourth-order valence-corrected chi connectivity index (χ4v) is 2.29. The molecule has 2 aromatic rings. The van der Waals surface area contributed by atoms with Crippen LogP contribution < -0.4 is 9.47 Å². The lowest BCUT2D eigenvalue weighted by atomic mass is 10.2. The molecule has 2 N–H and O–H groups in total. The van der Waals surface area contributed by atoms with E-state index in [1.54, 1.807) is 48.5 Å². The molecule has 0 aromatic heterocycles. The van der Waals surface area contributed by atoms with Crippen molar-refractivity contribution in [3.63, 3.8) is 0 Å². The van der Waals surface area contributed by atoms with Crippen LogP contribution in [0, 0.1) is 0 Å². The van der Waals surface area contributed by atoms with E-state index in [0.717, 1.165) is 37.6 Å². The van der Waals surface area contributed by atoms with Crippen molar-refractivity contribution in [1.82, 2.24) is 0 Å². The SMILES string of the molecule is Oc1ccc(OC[C@@H]2CCO2)cc1.Oc1ccc(OC[C@H]2CCO2)cc1. The summed E-state index contributed by atoms with van der Waals surface area (Å²) in [6.07, 6.45) is 2.68. The Morgan fingerprint density at radius 2 is 1.04 bits per heavy atom. The van der Waals surface area contributed by atoms with Crippen molar-refractivity contribution in [2.45, 2.75) is 25.0 Å². The first-order valence-electron chi connectivity index (χ1n) is 8.76. The largest absolute Gasteiger partial charge is 0.508 e. The number of phenols is 2. The van der Waals surface area contributed by atoms with Crippen LogP contribution in [0.15, 0.2) is 48.5 Å². The van der Waals surface area contributed by atoms with Gasteiger partial charge in [0, 0.05) is 26.1 Å². The minimum Gasteiger partial charge on any atom is -0.508 e. The number of hydrogen-bond acceptors (Lipinski definition) is 6. The molecule has 6 heteroatoms. The fourth-order valence-electron chi connectivity index (χ4n) is 2.29. The molecule has 2 fully saturated rings. The number of aromatic hydroxyl groups is 2. The van der Waals surface area contributed by atoms with Crippen LogP contribution in [0.5, 0.6) is 23.0 Å². The maximum Gasteiger partial charge on any atom is 0.119 e. The second kappa shape index (κ2) is 9.31. The Morgan fingerprint density at radius 3 is 1.31 bits per heavy atom. The molecule has 0 radical (unpaired) electrons. The van der Waals surface area contributed by atoms with Gasteiger partial charge in [-0.3, -0.25) is 0 Å². The first kappa shape index (κ1) is 18.4. The number of ether oxygens (including phenoxy) is 4. The van der Waals surface area contributed by atoms with Gasteiger partial charge in [0.1, 0.15) is 36.2 Å². The van der Waals surface area contributed by atoms with Crippen LogP contribution in [0.4, 0.5) is 0 Å². The molecule has 26 heavy (non-hydrogen) atoms. The molecule has 0 aliphatic carbocycles. The summed E-state index contributed by atoms with van der Waals surface area (Å²) in [6.45, 7) is 2.91. The molecule has 2 aromatic carbocycles. The molecule has 4 rings (SSSR count). The normalized spacial score (nSPS) is 20.8. The van der Waals surface area contributed by atoms with E-state index in [0.29, 0.717) is 13.2 Å². The van der Waals surface area contributed by atoms with Crippen molar-refractivity contribution in [1.29, 1.82) is 0 Å². The maximum absolute atomic E-state index is 9.01. The van der Waals surface area contributed by atoms with Crippen LogP contribution in [0.25, 0.3) is 0 Å². The predicted molar refractivity (Wildman–Crippen MR) is 95.9 cm³/mol. The quantitative estimate of drug-likeness (QED) is 0.824. The highest BCUT2D eigenvalue weighted by Gasteiger charge is 2.19. The lowest BCUT2D eigenvalue weighted by molar-refractivity contribution is -0.0721. The molecule has 0 spiro atoms. The van der Waals surface area contributed by atoms with Crippen LogP contribution in [-0.4, -0.2) is 48.8 Å². The standard InChI is InChI=1S/2C10H12O3/c2*11-8-1-3-9(4-2-8)13-7-10-5-6-12-10/h2*1-4,10-11H,5-7H2/t2*10-/m10/s1. The lowest BCUT2D eigenvalue weighted by Gasteiger charge is -2.26. The van der Waals surface area contributed by atoms with Crippen molar-refractivity contribution in [2.75, 3.05) is 26.4 Å². The van der Waals surface area contributed by atoms with E-state index >= 15 is 0 Å². The second-order valence-corrected chi connectivity index (χ2v) is 6.17. The molecule has 2 heterocycles. The van der Waals surface area contributed by atoms with Gasteiger partial charge in [-0.2, -0.15) is 0 Å². The van der Waals surface area contributed by atoms with Gasteiger partial charge in [0.05, 0.1) is 12.2 Å². The third-order valence-corrected chi connectivity index (χ3v) is 4.13. The third-order valence-electron chi connectivity index (χ3n) is 4.13. The van der Waals surface area contributed by atoms with Crippen LogP contribution in [0.1, 0.15) is 12.8 Å². The van der Waals surface area contributed by atoms with Crippen LogP contribution in [0.2, 0.25) is 0 Å². The summed E-state index contributed by atoms with van der Waals surface area (Å²) < 4.78 is 21.3. The molecular weight excluding hydrogens is 336 g/mol. The zero-order valence-electron chi connectivity index (χ0n) is 14.5. The van der Waals surface area contributed by atoms with Crippen molar-refractivity contribution in [3.8, 4) is 23.0 Å². The first-order valence-corrected chi connectivity index (χ1v) is 8.76. The monoisotopic (exact) mass is 360 g/mol. The zero-order valence-corrected chi connectivity index (χ0v) is 14.5. The van der Waals surface area contributed by atoms with Crippen molar-refractivity contribution >= 4 is 0 Å². The zero-order chi connectivity index (χ0) is 18.2. The summed E-state index contributed by atoms with van der Waals surface area (Å²) in [5.74, 6) is 2.06. The smallest absolute Gasteiger partial charge is 0.119 e. The van der Waals surface area contributed by atoms with Crippen molar-refractivity contribution in [3.05, 3.63) is 48.5 Å². The van der Waals surface area contributed by atoms with Crippen LogP contribution in [0.3, 0.4) is 0 Å². The molecular formula is C20H24O6. The molecule has 2 aliphatic rings. The first-order chi connectivity index (χ1) is 12.7. The summed E-state index contributed by atoms with van der Waals surface area (Å²) in [6, 6.07) is 13.4. The van der Waals surface area contributed by atoms with Gasteiger partial charge in [0.15, 0.2) is 0 Å². The van der Waals surface area contributed by atoms with E-state index in [9.17, 15) is 0 Å². The van der Waals surface area contributed by atoms with E-state index in [-0.39, 0.29) is 23.7 Å². The van der Waals surface area contributed by atoms with E-state index in [2.05, 4.69) is 0 Å². The van der Waals surface area contributed by atoms with Crippen LogP contribution >= 0.6 is 0 Å². The maximum atomic E-state index is 9.01. The predicted octanol–water partition coefficient (Wildman–Crippen LogP) is 3.12. The van der Waals surface area contributed by atoms with E-state index in [4.69, 9.17) is 29.2 Å². The number of hydrogen-bond donors (Lipinski definition) is 2. The van der Waals surface area contributed by atoms with Gasteiger partial charge in [0.2, 0.25) is 0 Å². The summed E-state index contributed by atoms with van der Waals surface area (Å²) in [5, 5.41) is 18.0. The third kappa shape index (κ3) is 5.82. The summed E-state index contributed by atoms with van der Waals surface area (Å²) in [4.78, 5) is 0. The van der Waals surface area contributed by atoms with Gasteiger partial charge in [-0.1, -0.05) is 0 Å².